The molecule has 1 fully saturated rings. The van der Waals surface area contributed by atoms with Crippen molar-refractivity contribution in [1.29, 1.82) is 0 Å². The molecule has 3 N–H and O–H groups in total. The molecule has 0 radical (unpaired) electrons. The summed E-state index contributed by atoms with van der Waals surface area (Å²) in [7, 11) is 0. The maximum absolute atomic E-state index is 5.82. The highest BCUT2D eigenvalue weighted by Gasteiger charge is 2.31. The Balaban J connectivity index is 2.00. The highest BCUT2D eigenvalue weighted by atomic mass is 14.9. The lowest BCUT2D eigenvalue weighted by Crippen LogP contribution is -2.41. The molecule has 1 aliphatic rings. The van der Waals surface area contributed by atoms with Gasteiger partial charge in [0.15, 0.2) is 0 Å². The summed E-state index contributed by atoms with van der Waals surface area (Å²) < 4.78 is 0. The number of anilines is 1. The zero-order chi connectivity index (χ0) is 15.3. The van der Waals surface area contributed by atoms with Crippen molar-refractivity contribution in [3.8, 4) is 0 Å². The van der Waals surface area contributed by atoms with Crippen molar-refractivity contribution in [2.75, 3.05) is 12.3 Å². The van der Waals surface area contributed by atoms with Gasteiger partial charge in [0.25, 0.3) is 0 Å². The fourth-order valence-electron chi connectivity index (χ4n) is 3.43. The topological polar surface area (TPSA) is 50.9 Å². The molecule has 3 heteroatoms. The Bertz CT molecular complexity index is 432. The quantitative estimate of drug-likeness (QED) is 0.837. The summed E-state index contributed by atoms with van der Waals surface area (Å²) in [5.74, 6) is 1.42. The van der Waals surface area contributed by atoms with E-state index in [-0.39, 0.29) is 0 Å². The van der Waals surface area contributed by atoms with E-state index in [2.05, 4.69) is 37.1 Å². The summed E-state index contributed by atoms with van der Waals surface area (Å²) in [6.45, 7) is 8.14. The lowest BCUT2D eigenvalue weighted by atomic mass is 9.70. The Hall–Kier alpha value is -1.09. The van der Waals surface area contributed by atoms with E-state index in [1.165, 1.54) is 37.7 Å². The van der Waals surface area contributed by atoms with Gasteiger partial charge >= 0.3 is 0 Å². The van der Waals surface area contributed by atoms with E-state index in [9.17, 15) is 0 Å². The first-order chi connectivity index (χ1) is 10.00. The molecule has 1 saturated carbocycles. The van der Waals surface area contributed by atoms with E-state index in [0.717, 1.165) is 18.9 Å². The second kappa shape index (κ2) is 7.26. The molecule has 0 saturated heterocycles. The van der Waals surface area contributed by atoms with Crippen LogP contribution in [0.2, 0.25) is 0 Å². The van der Waals surface area contributed by atoms with Crippen LogP contribution in [-0.4, -0.2) is 17.6 Å². The fraction of sp³-hybridized carbons (Fsp3) is 0.722. The second-order valence-electron chi connectivity index (χ2n) is 7.36. The smallest absolute Gasteiger partial charge is 0.123 e. The third kappa shape index (κ3) is 4.99. The average molecular weight is 289 g/mol. The van der Waals surface area contributed by atoms with Crippen LogP contribution >= 0.6 is 0 Å². The van der Waals surface area contributed by atoms with Crippen molar-refractivity contribution in [3.05, 3.63) is 23.9 Å². The number of nitrogen functional groups attached to an aromatic ring is 1. The number of nitrogens with zero attached hydrogens (tertiary/aromatic N) is 1. The maximum Gasteiger partial charge on any atom is 0.123 e. The van der Waals surface area contributed by atoms with Crippen LogP contribution in [0.3, 0.4) is 0 Å². The number of aromatic nitrogens is 1. The van der Waals surface area contributed by atoms with Gasteiger partial charge in [0.1, 0.15) is 5.82 Å². The van der Waals surface area contributed by atoms with Crippen molar-refractivity contribution in [2.45, 2.75) is 65.3 Å². The standard InChI is InChI=1S/C18H31N3/c1-4-10-20-16(12-14-7-11-21-17(19)13-14)15-5-8-18(2,3)9-6-15/h7,11,13,15-16,20H,4-6,8-10,12H2,1-3H3,(H2,19,21). The molecule has 1 heterocycles. The van der Waals surface area contributed by atoms with Crippen LogP contribution in [0.5, 0.6) is 0 Å². The molecule has 118 valence electrons. The van der Waals surface area contributed by atoms with Crippen molar-refractivity contribution >= 4 is 5.82 Å². The van der Waals surface area contributed by atoms with Crippen LogP contribution in [0.1, 0.15) is 58.4 Å². The zero-order valence-corrected chi connectivity index (χ0v) is 13.9. The highest BCUT2D eigenvalue weighted by Crippen LogP contribution is 2.39. The van der Waals surface area contributed by atoms with Gasteiger partial charge in [0.2, 0.25) is 0 Å². The third-order valence-electron chi connectivity index (χ3n) is 4.91. The number of pyridine rings is 1. The first-order valence-corrected chi connectivity index (χ1v) is 8.44. The van der Waals surface area contributed by atoms with Gasteiger partial charge in [-0.1, -0.05) is 20.8 Å². The Morgan fingerprint density at radius 3 is 2.71 bits per heavy atom. The number of nitrogens with two attached hydrogens (primary N) is 1. The second-order valence-corrected chi connectivity index (χ2v) is 7.36. The minimum absolute atomic E-state index is 0.535. The number of nitrogens with one attached hydrogen (secondary N) is 1. The molecular weight excluding hydrogens is 258 g/mol. The molecular formula is C18H31N3. The van der Waals surface area contributed by atoms with Crippen LogP contribution in [0.15, 0.2) is 18.3 Å². The van der Waals surface area contributed by atoms with Gasteiger partial charge in [-0.25, -0.2) is 4.98 Å². The summed E-state index contributed by atoms with van der Waals surface area (Å²) in [4.78, 5) is 4.10. The highest BCUT2D eigenvalue weighted by molar-refractivity contribution is 5.32. The summed E-state index contributed by atoms with van der Waals surface area (Å²) >= 11 is 0. The third-order valence-corrected chi connectivity index (χ3v) is 4.91. The van der Waals surface area contributed by atoms with Crippen LogP contribution in [-0.2, 0) is 6.42 Å². The van der Waals surface area contributed by atoms with Gasteiger partial charge < -0.3 is 11.1 Å². The molecule has 0 bridgehead atoms. The van der Waals surface area contributed by atoms with Crippen molar-refractivity contribution in [2.24, 2.45) is 11.3 Å². The van der Waals surface area contributed by atoms with Gasteiger partial charge in [-0.15, -0.1) is 0 Å². The van der Waals surface area contributed by atoms with E-state index in [1.54, 1.807) is 0 Å². The SMILES string of the molecule is CCCNC(Cc1ccnc(N)c1)C1CCC(C)(C)CC1. The monoisotopic (exact) mass is 289 g/mol. The molecule has 1 unspecified atom stereocenters. The Morgan fingerprint density at radius 1 is 1.38 bits per heavy atom. The molecule has 0 aromatic carbocycles. The number of hydrogen-bond acceptors (Lipinski definition) is 3. The summed E-state index contributed by atoms with van der Waals surface area (Å²) in [5, 5.41) is 3.77. The predicted molar refractivity (Wildman–Crippen MR) is 90.2 cm³/mol. The van der Waals surface area contributed by atoms with Crippen molar-refractivity contribution in [1.82, 2.24) is 10.3 Å². The van der Waals surface area contributed by atoms with E-state index in [4.69, 9.17) is 5.73 Å². The van der Waals surface area contributed by atoms with Gasteiger partial charge in [-0.05, 0) is 74.1 Å². The molecule has 0 spiro atoms. The van der Waals surface area contributed by atoms with Crippen molar-refractivity contribution < 1.29 is 0 Å². The molecule has 0 amide bonds. The molecule has 1 atom stereocenters. The molecule has 21 heavy (non-hydrogen) atoms. The van der Waals surface area contributed by atoms with Gasteiger partial charge in [0.05, 0.1) is 0 Å². The van der Waals surface area contributed by atoms with E-state index >= 15 is 0 Å². The number of rotatable bonds is 6. The summed E-state index contributed by atoms with van der Waals surface area (Å²) in [5.41, 5.74) is 7.66. The molecule has 1 aromatic rings. The Labute approximate surface area is 129 Å². The molecule has 1 aromatic heterocycles. The first-order valence-electron chi connectivity index (χ1n) is 8.44. The largest absolute Gasteiger partial charge is 0.384 e. The maximum atomic E-state index is 5.82. The van der Waals surface area contributed by atoms with Crippen molar-refractivity contribution in [3.63, 3.8) is 0 Å². The van der Waals surface area contributed by atoms with Gasteiger partial charge in [-0.3, -0.25) is 0 Å². The minimum atomic E-state index is 0.535. The predicted octanol–water partition coefficient (Wildman–Crippen LogP) is 3.79. The zero-order valence-electron chi connectivity index (χ0n) is 13.9. The Kier molecular flexibility index (Phi) is 5.63. The molecule has 0 aliphatic heterocycles. The normalized spacial score (nSPS) is 20.3. The van der Waals surface area contributed by atoms with Crippen LogP contribution < -0.4 is 11.1 Å². The van der Waals surface area contributed by atoms with E-state index in [0.29, 0.717) is 17.3 Å². The first kappa shape index (κ1) is 16.3. The van der Waals surface area contributed by atoms with Gasteiger partial charge in [-0.2, -0.15) is 0 Å². The van der Waals surface area contributed by atoms with Gasteiger partial charge in [0, 0.05) is 12.2 Å². The molecule has 2 rings (SSSR count). The fourth-order valence-corrected chi connectivity index (χ4v) is 3.43. The molecule has 1 aliphatic carbocycles. The lowest BCUT2D eigenvalue weighted by Gasteiger charge is -2.38. The summed E-state index contributed by atoms with van der Waals surface area (Å²) in [6.07, 6.45) is 9.46. The average Bonchev–Trinajstić information content (AvgIpc) is 2.44. The lowest BCUT2D eigenvalue weighted by molar-refractivity contribution is 0.160. The number of hydrogen-bond donors (Lipinski definition) is 2. The van der Waals surface area contributed by atoms with Crippen LogP contribution in [0.4, 0.5) is 5.82 Å². The van der Waals surface area contributed by atoms with Crippen LogP contribution in [0, 0.1) is 11.3 Å². The van der Waals surface area contributed by atoms with Crippen LogP contribution in [0.25, 0.3) is 0 Å². The van der Waals surface area contributed by atoms with E-state index in [1.807, 2.05) is 12.3 Å². The minimum Gasteiger partial charge on any atom is -0.384 e. The summed E-state index contributed by atoms with van der Waals surface area (Å²) in [6, 6.07) is 4.69. The molecule has 3 nitrogen and oxygen atoms in total. The Morgan fingerprint density at radius 2 is 2.10 bits per heavy atom. The van der Waals surface area contributed by atoms with E-state index < -0.39 is 0 Å².